The van der Waals surface area contributed by atoms with Crippen LogP contribution in [0.15, 0.2) is 41.5 Å². The molecule has 0 saturated carbocycles. The number of piperidine rings is 1. The van der Waals surface area contributed by atoms with Crippen LogP contribution in [0.5, 0.6) is 11.6 Å². The molecule has 0 unspecified atom stereocenters. The minimum atomic E-state index is -0.0362. The molecule has 2 aliphatic heterocycles. The summed E-state index contributed by atoms with van der Waals surface area (Å²) in [7, 11) is 1.81. The SMILES string of the molecule is CC[C@H]1COc2c(-c3ccc(OCCCN4CCCCC4)nc3)ccc3ncc4c(c23)n1c(=O)n4C. The third-order valence-electron chi connectivity index (χ3n) is 7.66. The van der Waals surface area contributed by atoms with Gasteiger partial charge < -0.3 is 14.4 Å². The number of pyridine rings is 2. The zero-order valence-corrected chi connectivity index (χ0v) is 21.1. The van der Waals surface area contributed by atoms with Crippen LogP contribution in [0.1, 0.15) is 45.1 Å². The van der Waals surface area contributed by atoms with E-state index in [2.05, 4.69) is 21.8 Å². The van der Waals surface area contributed by atoms with Gasteiger partial charge in [-0.05, 0) is 57.0 Å². The summed E-state index contributed by atoms with van der Waals surface area (Å²) in [6, 6.07) is 7.95. The molecule has 0 bridgehead atoms. The van der Waals surface area contributed by atoms with E-state index in [4.69, 9.17) is 9.47 Å². The van der Waals surface area contributed by atoms with Crippen LogP contribution in [-0.2, 0) is 7.05 Å². The van der Waals surface area contributed by atoms with Gasteiger partial charge in [0.2, 0.25) is 5.88 Å². The molecule has 1 saturated heterocycles. The van der Waals surface area contributed by atoms with Crippen LogP contribution in [0.25, 0.3) is 33.1 Å². The number of aromatic nitrogens is 4. The minimum absolute atomic E-state index is 0.0311. The minimum Gasteiger partial charge on any atom is -0.490 e. The van der Waals surface area contributed by atoms with E-state index < -0.39 is 0 Å². The highest BCUT2D eigenvalue weighted by Crippen LogP contribution is 2.42. The predicted octanol–water partition coefficient (Wildman–Crippen LogP) is 4.55. The molecule has 0 aliphatic carbocycles. The maximum Gasteiger partial charge on any atom is 0.329 e. The average Bonchev–Trinajstić information content (AvgIpc) is 3.06. The standard InChI is InChI=1S/C28H33N5O3/c1-3-20-18-36-27-21(9-10-22-25(27)26-23(17-29-22)31(2)28(34)33(20)26)19-8-11-24(30-16-19)35-15-7-14-32-12-5-4-6-13-32/h8-11,16-17,20H,3-7,12-15,18H2,1-2H3/t20-/m0/s1. The molecule has 2 aliphatic rings. The van der Waals surface area contributed by atoms with Crippen molar-refractivity contribution in [1.82, 2.24) is 24.0 Å². The number of nitrogens with zero attached hydrogens (tertiary/aromatic N) is 5. The third kappa shape index (κ3) is 3.93. The number of hydrogen-bond acceptors (Lipinski definition) is 6. The Kier molecular flexibility index (Phi) is 6.13. The van der Waals surface area contributed by atoms with Crippen molar-refractivity contribution in [2.75, 3.05) is 32.8 Å². The number of ether oxygens (including phenoxy) is 2. The van der Waals surface area contributed by atoms with E-state index in [0.717, 1.165) is 58.2 Å². The highest BCUT2D eigenvalue weighted by atomic mass is 16.5. The lowest BCUT2D eigenvalue weighted by Crippen LogP contribution is -2.31. The second kappa shape index (κ2) is 9.58. The van der Waals surface area contributed by atoms with Crippen LogP contribution in [0.3, 0.4) is 0 Å². The third-order valence-corrected chi connectivity index (χ3v) is 7.66. The summed E-state index contributed by atoms with van der Waals surface area (Å²) >= 11 is 0. The van der Waals surface area contributed by atoms with E-state index in [-0.39, 0.29) is 11.7 Å². The summed E-state index contributed by atoms with van der Waals surface area (Å²) < 4.78 is 15.9. The molecule has 0 radical (unpaired) electrons. The summed E-state index contributed by atoms with van der Waals surface area (Å²) in [6.07, 6.45) is 9.42. The van der Waals surface area contributed by atoms with Crippen LogP contribution < -0.4 is 15.2 Å². The molecule has 3 aromatic heterocycles. The summed E-state index contributed by atoms with van der Waals surface area (Å²) in [4.78, 5) is 24.9. The van der Waals surface area contributed by atoms with Gasteiger partial charge in [-0.1, -0.05) is 13.3 Å². The maximum atomic E-state index is 13.1. The lowest BCUT2D eigenvalue weighted by atomic mass is 10.0. The van der Waals surface area contributed by atoms with E-state index in [0.29, 0.717) is 19.1 Å². The van der Waals surface area contributed by atoms with Crippen LogP contribution in [0, 0.1) is 0 Å². The summed E-state index contributed by atoms with van der Waals surface area (Å²) in [5, 5.41) is 0.886. The summed E-state index contributed by atoms with van der Waals surface area (Å²) in [6.45, 7) is 6.69. The molecule has 0 spiro atoms. The lowest BCUT2D eigenvalue weighted by Gasteiger charge is -2.26. The van der Waals surface area contributed by atoms with E-state index in [1.165, 1.54) is 32.4 Å². The molecule has 36 heavy (non-hydrogen) atoms. The Balaban J connectivity index is 1.29. The quantitative estimate of drug-likeness (QED) is 0.356. The van der Waals surface area contributed by atoms with Crippen LogP contribution >= 0.6 is 0 Å². The highest BCUT2D eigenvalue weighted by Gasteiger charge is 2.27. The first kappa shape index (κ1) is 23.0. The molecule has 0 amide bonds. The average molecular weight is 488 g/mol. The molecule has 8 heteroatoms. The first-order valence-electron chi connectivity index (χ1n) is 13.1. The van der Waals surface area contributed by atoms with Gasteiger partial charge >= 0.3 is 5.69 Å². The number of aryl methyl sites for hydroxylation is 1. The van der Waals surface area contributed by atoms with Crippen LogP contribution in [0.2, 0.25) is 0 Å². The number of likely N-dealkylation sites (tertiary alicyclic amines) is 1. The van der Waals surface area contributed by atoms with Gasteiger partial charge in [0, 0.05) is 37.0 Å². The Morgan fingerprint density at radius 2 is 1.94 bits per heavy atom. The first-order valence-corrected chi connectivity index (χ1v) is 13.1. The Morgan fingerprint density at radius 1 is 1.08 bits per heavy atom. The van der Waals surface area contributed by atoms with Gasteiger partial charge in [0.15, 0.2) is 0 Å². The maximum absolute atomic E-state index is 13.1. The molecule has 1 fully saturated rings. The molecular weight excluding hydrogens is 454 g/mol. The molecule has 1 atom stereocenters. The van der Waals surface area contributed by atoms with Crippen molar-refractivity contribution in [3.8, 4) is 22.8 Å². The molecule has 0 N–H and O–H groups in total. The van der Waals surface area contributed by atoms with Gasteiger partial charge in [-0.25, -0.2) is 9.78 Å². The van der Waals surface area contributed by atoms with Crippen molar-refractivity contribution in [3.05, 3.63) is 47.1 Å². The molecule has 1 aromatic carbocycles. The van der Waals surface area contributed by atoms with Gasteiger partial charge in [-0.15, -0.1) is 0 Å². The van der Waals surface area contributed by atoms with E-state index in [9.17, 15) is 4.79 Å². The fraction of sp³-hybridized carbons (Fsp3) is 0.464. The van der Waals surface area contributed by atoms with E-state index >= 15 is 0 Å². The number of imidazole rings is 1. The summed E-state index contributed by atoms with van der Waals surface area (Å²) in [5.74, 6) is 1.40. The fourth-order valence-electron chi connectivity index (χ4n) is 5.62. The fourth-order valence-corrected chi connectivity index (χ4v) is 5.62. The molecule has 6 rings (SSSR count). The number of hydrogen-bond donors (Lipinski definition) is 0. The first-order chi connectivity index (χ1) is 17.7. The second-order valence-electron chi connectivity index (χ2n) is 9.90. The molecule has 5 heterocycles. The smallest absolute Gasteiger partial charge is 0.329 e. The Labute approximate surface area is 210 Å². The van der Waals surface area contributed by atoms with Crippen molar-refractivity contribution in [3.63, 3.8) is 0 Å². The van der Waals surface area contributed by atoms with Crippen molar-refractivity contribution in [1.29, 1.82) is 0 Å². The van der Waals surface area contributed by atoms with E-state index in [1.807, 2.05) is 42.1 Å². The molecule has 4 aromatic rings. The van der Waals surface area contributed by atoms with Crippen LogP contribution in [0.4, 0.5) is 0 Å². The largest absolute Gasteiger partial charge is 0.490 e. The van der Waals surface area contributed by atoms with E-state index in [1.54, 1.807) is 10.8 Å². The van der Waals surface area contributed by atoms with Gasteiger partial charge in [-0.2, -0.15) is 0 Å². The zero-order chi connectivity index (χ0) is 24.6. The van der Waals surface area contributed by atoms with Gasteiger partial charge in [-0.3, -0.25) is 14.1 Å². The number of benzene rings is 1. The lowest BCUT2D eigenvalue weighted by molar-refractivity contribution is 0.203. The highest BCUT2D eigenvalue weighted by molar-refractivity contribution is 6.09. The summed E-state index contributed by atoms with van der Waals surface area (Å²) in [5.41, 5.74) is 4.40. The molecular formula is C28H33N5O3. The molecule has 188 valence electrons. The van der Waals surface area contributed by atoms with Crippen LogP contribution in [-0.4, -0.2) is 56.9 Å². The number of rotatable bonds is 7. The predicted molar refractivity (Wildman–Crippen MR) is 141 cm³/mol. The molecule has 8 nitrogen and oxygen atoms in total. The van der Waals surface area contributed by atoms with Crippen molar-refractivity contribution in [2.24, 2.45) is 7.05 Å². The zero-order valence-electron chi connectivity index (χ0n) is 21.1. The normalized spacial score (nSPS) is 18.0. The van der Waals surface area contributed by atoms with Gasteiger partial charge in [0.1, 0.15) is 12.4 Å². The van der Waals surface area contributed by atoms with Crippen molar-refractivity contribution >= 4 is 21.9 Å². The monoisotopic (exact) mass is 487 g/mol. The topological polar surface area (TPSA) is 74.4 Å². The van der Waals surface area contributed by atoms with Gasteiger partial charge in [0.25, 0.3) is 0 Å². The van der Waals surface area contributed by atoms with Crippen molar-refractivity contribution < 1.29 is 9.47 Å². The van der Waals surface area contributed by atoms with Gasteiger partial charge in [0.05, 0.1) is 40.8 Å². The Morgan fingerprint density at radius 3 is 2.72 bits per heavy atom. The Bertz CT molecular complexity index is 1450. The van der Waals surface area contributed by atoms with Crippen molar-refractivity contribution in [2.45, 2.75) is 45.1 Å². The second-order valence-corrected chi connectivity index (χ2v) is 9.90. The Hall–Kier alpha value is -3.39.